The maximum absolute atomic E-state index is 13.9. The van der Waals surface area contributed by atoms with E-state index in [0.29, 0.717) is 18.4 Å². The summed E-state index contributed by atoms with van der Waals surface area (Å²) in [6, 6.07) is 12.4. The van der Waals surface area contributed by atoms with E-state index in [2.05, 4.69) is 20.0 Å². The molecule has 3 unspecified atom stereocenters. The Kier molecular flexibility index (Phi) is 6.26. The van der Waals surface area contributed by atoms with E-state index in [1.807, 2.05) is 0 Å². The van der Waals surface area contributed by atoms with Gasteiger partial charge in [0.05, 0.1) is 23.4 Å². The van der Waals surface area contributed by atoms with Crippen molar-refractivity contribution in [1.29, 1.82) is 0 Å². The van der Waals surface area contributed by atoms with Crippen molar-refractivity contribution in [2.45, 2.75) is 67.0 Å². The maximum Gasteiger partial charge on any atom is 0.418 e. The Morgan fingerprint density at radius 3 is 2.48 bits per heavy atom. The molecule has 2 bridgehead atoms. The number of sulfonamides is 1. The molecular formula is C27H25F3N4O5S. The van der Waals surface area contributed by atoms with Gasteiger partial charge in [-0.25, -0.2) is 14.8 Å². The van der Waals surface area contributed by atoms with Crippen LogP contribution in [0.15, 0.2) is 59.6 Å². The Morgan fingerprint density at radius 2 is 1.77 bits per heavy atom. The summed E-state index contributed by atoms with van der Waals surface area (Å²) in [5, 5.41) is 12.2. The number of carboxylic acid groups (broad SMARTS) is 1. The van der Waals surface area contributed by atoms with Crippen LogP contribution in [0.3, 0.4) is 0 Å². The molecule has 0 radical (unpaired) electrons. The molecular weight excluding hydrogens is 549 g/mol. The number of rotatable bonds is 8. The van der Waals surface area contributed by atoms with Gasteiger partial charge in [0.2, 0.25) is 0 Å². The number of aliphatic carboxylic acids is 1. The first-order valence-electron chi connectivity index (χ1n) is 12.8. The van der Waals surface area contributed by atoms with E-state index in [-0.39, 0.29) is 46.8 Å². The molecule has 13 heteroatoms. The average molecular weight is 575 g/mol. The lowest BCUT2D eigenvalue weighted by Gasteiger charge is -2.24. The van der Waals surface area contributed by atoms with Gasteiger partial charge in [-0.15, -0.1) is 0 Å². The second-order valence-electron chi connectivity index (χ2n) is 10.4. The summed E-state index contributed by atoms with van der Waals surface area (Å²) >= 11 is 0. The van der Waals surface area contributed by atoms with Crippen molar-refractivity contribution in [3.63, 3.8) is 0 Å². The van der Waals surface area contributed by atoms with E-state index in [4.69, 9.17) is 4.74 Å². The molecule has 3 atom stereocenters. The molecule has 0 spiro atoms. The number of hydrogen-bond acceptors (Lipinski definition) is 7. The molecule has 3 N–H and O–H groups in total. The van der Waals surface area contributed by atoms with Crippen molar-refractivity contribution >= 4 is 27.6 Å². The van der Waals surface area contributed by atoms with E-state index < -0.39 is 33.3 Å². The van der Waals surface area contributed by atoms with Crippen molar-refractivity contribution < 1.29 is 36.2 Å². The fraction of sp³-hybridized carbons (Fsp3) is 0.370. The first kappa shape index (κ1) is 26.5. The highest BCUT2D eigenvalue weighted by molar-refractivity contribution is 7.92. The Bertz CT molecular complexity index is 1590. The van der Waals surface area contributed by atoms with Gasteiger partial charge in [0.15, 0.2) is 10.6 Å². The summed E-state index contributed by atoms with van der Waals surface area (Å²) in [6.07, 6.45) is -2.13. The highest BCUT2D eigenvalue weighted by Gasteiger charge is 2.57. The number of benzene rings is 1. The Hall–Kier alpha value is -3.71. The van der Waals surface area contributed by atoms with Gasteiger partial charge in [0, 0.05) is 12.0 Å². The van der Waals surface area contributed by atoms with Crippen molar-refractivity contribution in [3.05, 3.63) is 65.7 Å². The van der Waals surface area contributed by atoms with Crippen molar-refractivity contribution in [3.8, 4) is 11.3 Å². The third-order valence-corrected chi connectivity index (χ3v) is 8.86. The first-order chi connectivity index (χ1) is 19.0. The SMILES string of the molecule is O=C(O)C12CCC(O1)C(Nc1cccc(S(=O)(=O)Nc3ccc(C(F)(F)F)c(-c4ccccc4C4CC4)n3)n1)C2. The molecule has 1 aliphatic carbocycles. The van der Waals surface area contributed by atoms with Crippen LogP contribution in [0.5, 0.6) is 0 Å². The number of carboxylic acids is 1. The summed E-state index contributed by atoms with van der Waals surface area (Å²) < 4.78 is 76.1. The van der Waals surface area contributed by atoms with Crippen LogP contribution in [-0.2, 0) is 25.7 Å². The van der Waals surface area contributed by atoms with Crippen molar-refractivity contribution in [2.75, 3.05) is 10.0 Å². The lowest BCUT2D eigenvalue weighted by molar-refractivity contribution is -0.158. The highest BCUT2D eigenvalue weighted by atomic mass is 32.2. The molecule has 0 amide bonds. The van der Waals surface area contributed by atoms with Gasteiger partial charge in [0.25, 0.3) is 10.0 Å². The highest BCUT2D eigenvalue weighted by Crippen LogP contribution is 2.47. The molecule has 40 heavy (non-hydrogen) atoms. The lowest BCUT2D eigenvalue weighted by atomic mass is 9.85. The molecule has 210 valence electrons. The number of anilines is 2. The Morgan fingerprint density at radius 1 is 1.00 bits per heavy atom. The topological polar surface area (TPSA) is 131 Å². The molecule has 2 aliphatic heterocycles. The predicted molar refractivity (Wildman–Crippen MR) is 138 cm³/mol. The normalized spacial score (nSPS) is 24.2. The monoisotopic (exact) mass is 574 g/mol. The molecule has 6 rings (SSSR count). The zero-order valence-corrected chi connectivity index (χ0v) is 21.8. The zero-order chi connectivity index (χ0) is 28.3. The molecule has 3 aliphatic rings. The fourth-order valence-corrected chi connectivity index (χ4v) is 6.50. The second kappa shape index (κ2) is 9.44. The van der Waals surface area contributed by atoms with Gasteiger partial charge in [0.1, 0.15) is 11.6 Å². The number of alkyl halides is 3. The number of fused-ring (bicyclic) bond motifs is 2. The van der Waals surface area contributed by atoms with Gasteiger partial charge in [-0.3, -0.25) is 4.72 Å². The van der Waals surface area contributed by atoms with Crippen LogP contribution in [0.25, 0.3) is 11.3 Å². The van der Waals surface area contributed by atoms with Crippen LogP contribution in [0.4, 0.5) is 24.8 Å². The zero-order valence-electron chi connectivity index (χ0n) is 21.0. The number of nitrogens with one attached hydrogen (secondary N) is 2. The van der Waals surface area contributed by atoms with Gasteiger partial charge >= 0.3 is 12.1 Å². The molecule has 1 saturated carbocycles. The van der Waals surface area contributed by atoms with Crippen LogP contribution < -0.4 is 10.0 Å². The van der Waals surface area contributed by atoms with E-state index in [9.17, 15) is 31.5 Å². The Labute approximate surface area is 227 Å². The number of carbonyl (C=O) groups is 1. The van der Waals surface area contributed by atoms with Crippen LogP contribution >= 0.6 is 0 Å². The summed E-state index contributed by atoms with van der Waals surface area (Å²) in [5.74, 6) is -0.969. The predicted octanol–water partition coefficient (Wildman–Crippen LogP) is 5.03. The lowest BCUT2D eigenvalue weighted by Crippen LogP contribution is -2.39. The number of aromatic nitrogens is 2. The largest absolute Gasteiger partial charge is 0.479 e. The molecule has 2 saturated heterocycles. The van der Waals surface area contributed by atoms with Crippen molar-refractivity contribution in [1.82, 2.24) is 9.97 Å². The van der Waals surface area contributed by atoms with Gasteiger partial charge < -0.3 is 15.2 Å². The van der Waals surface area contributed by atoms with Gasteiger partial charge in [-0.05, 0) is 61.4 Å². The minimum Gasteiger partial charge on any atom is -0.479 e. The van der Waals surface area contributed by atoms with E-state index in [1.165, 1.54) is 12.1 Å². The maximum atomic E-state index is 13.9. The number of ether oxygens (including phenoxy) is 1. The van der Waals surface area contributed by atoms with Gasteiger partial charge in [-0.2, -0.15) is 21.6 Å². The standard InChI is InChI=1S/C27H25F3N4O5S/c28-27(29,30)18-10-11-22(33-24(18)17-5-2-1-4-16(17)15-8-9-15)34-40(37,38)23-7-3-6-21(32-23)31-19-14-26(25(35)36)13-12-20(19)39-26/h1-7,10-11,15,19-20H,8-9,12-14H2,(H,31,32)(H,33,34)(H,35,36). The molecule has 3 fully saturated rings. The molecule has 1 aromatic carbocycles. The van der Waals surface area contributed by atoms with Crippen LogP contribution in [0, 0.1) is 0 Å². The summed E-state index contributed by atoms with van der Waals surface area (Å²) in [6.45, 7) is 0. The minimum absolute atomic E-state index is 0.143. The van der Waals surface area contributed by atoms with Crippen LogP contribution in [0.1, 0.15) is 49.1 Å². The van der Waals surface area contributed by atoms with E-state index in [0.717, 1.165) is 30.5 Å². The third-order valence-electron chi connectivity index (χ3n) is 7.60. The first-order valence-corrected chi connectivity index (χ1v) is 14.3. The average Bonchev–Trinajstić information content (AvgIpc) is 3.58. The summed E-state index contributed by atoms with van der Waals surface area (Å²) in [7, 11) is -4.34. The van der Waals surface area contributed by atoms with Gasteiger partial charge in [-0.1, -0.05) is 30.3 Å². The number of halogens is 3. The smallest absolute Gasteiger partial charge is 0.418 e. The summed E-state index contributed by atoms with van der Waals surface area (Å²) in [4.78, 5) is 19.9. The van der Waals surface area contributed by atoms with Crippen LogP contribution in [-0.4, -0.2) is 47.2 Å². The second-order valence-corrected chi connectivity index (χ2v) is 12.0. The molecule has 2 aromatic heterocycles. The quantitative estimate of drug-likeness (QED) is 0.342. The third kappa shape index (κ3) is 4.87. The number of pyridine rings is 2. The number of nitrogens with zero attached hydrogens (tertiary/aromatic N) is 2. The fourth-order valence-electron chi connectivity index (χ4n) is 5.53. The molecule has 9 nitrogen and oxygen atoms in total. The Balaban J connectivity index is 1.27. The van der Waals surface area contributed by atoms with Crippen LogP contribution in [0.2, 0.25) is 0 Å². The van der Waals surface area contributed by atoms with E-state index >= 15 is 0 Å². The minimum atomic E-state index is -4.69. The summed E-state index contributed by atoms with van der Waals surface area (Å²) in [5.41, 5.74) is -1.50. The number of hydrogen-bond donors (Lipinski definition) is 3. The van der Waals surface area contributed by atoms with Crippen molar-refractivity contribution in [2.24, 2.45) is 0 Å². The molecule has 4 heterocycles. The van der Waals surface area contributed by atoms with E-state index in [1.54, 1.807) is 30.3 Å². The molecule has 3 aromatic rings.